The summed E-state index contributed by atoms with van der Waals surface area (Å²) in [6.07, 6.45) is 0.198. The number of amides is 1. The van der Waals surface area contributed by atoms with Crippen LogP contribution in [0.4, 0.5) is 5.69 Å². The third-order valence-electron chi connectivity index (χ3n) is 5.20. The topological polar surface area (TPSA) is 78.3 Å². The molecule has 0 fully saturated rings. The van der Waals surface area contributed by atoms with Gasteiger partial charge in [0.05, 0.1) is 37.7 Å². The fourth-order valence-corrected chi connectivity index (χ4v) is 4.31. The molecule has 0 saturated carbocycles. The molecule has 164 valence electrons. The maximum atomic E-state index is 12.8. The van der Waals surface area contributed by atoms with Crippen molar-refractivity contribution in [1.29, 1.82) is 0 Å². The number of carbonyl (C=O) groups excluding carboxylic acids is 1. The van der Waals surface area contributed by atoms with Crippen molar-refractivity contribution >= 4 is 22.9 Å². The van der Waals surface area contributed by atoms with Crippen LogP contribution in [-0.2, 0) is 11.2 Å². The Balaban J connectivity index is 1.54. The SMILES string of the molecule is COc1ccc(NC(=O)Cc2c(C)nn(-c3nc(-c4ccccc4)cs3)c2C)c(OC)c1. The van der Waals surface area contributed by atoms with Gasteiger partial charge < -0.3 is 14.8 Å². The number of nitrogens with zero attached hydrogens (tertiary/aromatic N) is 3. The molecule has 1 amide bonds. The number of methoxy groups -OCH3 is 2. The van der Waals surface area contributed by atoms with Gasteiger partial charge in [-0.1, -0.05) is 30.3 Å². The summed E-state index contributed by atoms with van der Waals surface area (Å²) in [6, 6.07) is 15.3. The molecule has 2 heterocycles. The maximum absolute atomic E-state index is 12.8. The fraction of sp³-hybridized carbons (Fsp3) is 0.208. The quantitative estimate of drug-likeness (QED) is 0.439. The van der Waals surface area contributed by atoms with Gasteiger partial charge in [-0.25, -0.2) is 9.67 Å². The van der Waals surface area contributed by atoms with Crippen molar-refractivity contribution in [3.63, 3.8) is 0 Å². The largest absolute Gasteiger partial charge is 0.497 e. The van der Waals surface area contributed by atoms with Gasteiger partial charge in [-0.2, -0.15) is 5.10 Å². The summed E-state index contributed by atoms with van der Waals surface area (Å²) in [4.78, 5) is 17.5. The molecular formula is C24H24N4O3S. The summed E-state index contributed by atoms with van der Waals surface area (Å²) in [5.41, 5.74) is 5.14. The van der Waals surface area contributed by atoms with Crippen molar-refractivity contribution < 1.29 is 14.3 Å². The van der Waals surface area contributed by atoms with Gasteiger partial charge in [0.2, 0.25) is 11.0 Å². The third-order valence-corrected chi connectivity index (χ3v) is 6.02. The second kappa shape index (κ2) is 9.23. The number of hydrogen-bond acceptors (Lipinski definition) is 6. The summed E-state index contributed by atoms with van der Waals surface area (Å²) in [6.45, 7) is 3.87. The molecule has 0 aliphatic rings. The van der Waals surface area contributed by atoms with Crippen LogP contribution in [0.15, 0.2) is 53.9 Å². The number of thiazole rings is 1. The molecule has 0 unspecified atom stereocenters. The van der Waals surface area contributed by atoms with Crippen LogP contribution in [-0.4, -0.2) is 34.9 Å². The summed E-state index contributed by atoms with van der Waals surface area (Å²) < 4.78 is 12.4. The number of carbonyl (C=O) groups is 1. The van der Waals surface area contributed by atoms with E-state index in [0.29, 0.717) is 17.2 Å². The maximum Gasteiger partial charge on any atom is 0.229 e. The predicted molar refractivity (Wildman–Crippen MR) is 126 cm³/mol. The Hall–Kier alpha value is -3.65. The smallest absolute Gasteiger partial charge is 0.229 e. The number of benzene rings is 2. The Bertz CT molecular complexity index is 1250. The molecular weight excluding hydrogens is 424 g/mol. The average molecular weight is 449 g/mol. The van der Waals surface area contributed by atoms with E-state index in [0.717, 1.165) is 33.3 Å². The highest BCUT2D eigenvalue weighted by Crippen LogP contribution is 2.30. The van der Waals surface area contributed by atoms with Gasteiger partial charge in [0.15, 0.2) is 0 Å². The third kappa shape index (κ3) is 4.36. The lowest BCUT2D eigenvalue weighted by Crippen LogP contribution is -2.16. The first-order valence-corrected chi connectivity index (χ1v) is 11.0. The van der Waals surface area contributed by atoms with Crippen molar-refractivity contribution in [3.8, 4) is 27.9 Å². The van der Waals surface area contributed by atoms with Crippen LogP contribution in [0.25, 0.3) is 16.4 Å². The molecule has 0 spiro atoms. The van der Waals surface area contributed by atoms with Gasteiger partial charge >= 0.3 is 0 Å². The van der Waals surface area contributed by atoms with Gasteiger partial charge in [0, 0.05) is 28.3 Å². The number of ether oxygens (including phenoxy) is 2. The van der Waals surface area contributed by atoms with Crippen LogP contribution in [0.3, 0.4) is 0 Å². The number of rotatable bonds is 7. The van der Waals surface area contributed by atoms with Gasteiger partial charge in [-0.05, 0) is 26.0 Å². The molecule has 0 radical (unpaired) electrons. The zero-order valence-corrected chi connectivity index (χ0v) is 19.2. The Morgan fingerprint density at radius 1 is 1.09 bits per heavy atom. The minimum atomic E-state index is -0.150. The van der Waals surface area contributed by atoms with E-state index in [1.165, 1.54) is 11.3 Å². The number of nitrogens with one attached hydrogen (secondary N) is 1. The number of aromatic nitrogens is 3. The summed E-state index contributed by atoms with van der Waals surface area (Å²) >= 11 is 1.52. The fourth-order valence-electron chi connectivity index (χ4n) is 3.48. The Morgan fingerprint density at radius 2 is 1.88 bits per heavy atom. The van der Waals surface area contributed by atoms with Crippen LogP contribution in [0.2, 0.25) is 0 Å². The zero-order valence-electron chi connectivity index (χ0n) is 18.4. The first-order chi connectivity index (χ1) is 15.5. The van der Waals surface area contributed by atoms with E-state index < -0.39 is 0 Å². The van der Waals surface area contributed by atoms with Gasteiger partial charge in [-0.15, -0.1) is 11.3 Å². The van der Waals surface area contributed by atoms with Gasteiger partial charge in [-0.3, -0.25) is 4.79 Å². The van der Waals surface area contributed by atoms with Crippen LogP contribution in [0.5, 0.6) is 11.5 Å². The summed E-state index contributed by atoms with van der Waals surface area (Å²) in [7, 11) is 3.14. The van der Waals surface area contributed by atoms with Gasteiger partial charge in [0.1, 0.15) is 11.5 Å². The second-order valence-corrected chi connectivity index (χ2v) is 8.07. The van der Waals surface area contributed by atoms with Crippen molar-refractivity contribution in [3.05, 3.63) is 70.9 Å². The molecule has 0 bridgehead atoms. The molecule has 7 nitrogen and oxygen atoms in total. The Labute approximate surface area is 190 Å². The molecule has 32 heavy (non-hydrogen) atoms. The van der Waals surface area contributed by atoms with Crippen LogP contribution >= 0.6 is 11.3 Å². The number of aryl methyl sites for hydroxylation is 1. The Kier molecular flexibility index (Phi) is 6.23. The van der Waals surface area contributed by atoms with Crippen molar-refractivity contribution in [2.75, 3.05) is 19.5 Å². The molecule has 2 aromatic heterocycles. The van der Waals surface area contributed by atoms with E-state index in [1.807, 2.05) is 54.2 Å². The highest BCUT2D eigenvalue weighted by molar-refractivity contribution is 7.12. The first kappa shape index (κ1) is 21.6. The predicted octanol–water partition coefficient (Wildman–Crippen LogP) is 4.81. The molecule has 0 saturated heterocycles. The zero-order chi connectivity index (χ0) is 22.7. The van der Waals surface area contributed by atoms with E-state index in [4.69, 9.17) is 14.5 Å². The molecule has 2 aromatic carbocycles. The van der Waals surface area contributed by atoms with Gasteiger partial charge in [0.25, 0.3) is 0 Å². The van der Waals surface area contributed by atoms with Crippen molar-refractivity contribution in [1.82, 2.24) is 14.8 Å². The minimum Gasteiger partial charge on any atom is -0.497 e. The van der Waals surface area contributed by atoms with E-state index in [-0.39, 0.29) is 12.3 Å². The molecule has 0 atom stereocenters. The lowest BCUT2D eigenvalue weighted by atomic mass is 10.1. The van der Waals surface area contributed by atoms with Crippen LogP contribution in [0, 0.1) is 13.8 Å². The number of anilines is 1. The molecule has 8 heteroatoms. The molecule has 4 aromatic rings. The highest BCUT2D eigenvalue weighted by Gasteiger charge is 2.19. The average Bonchev–Trinajstić information content (AvgIpc) is 3.40. The Morgan fingerprint density at radius 3 is 2.59 bits per heavy atom. The van der Waals surface area contributed by atoms with Crippen molar-refractivity contribution in [2.24, 2.45) is 0 Å². The van der Waals surface area contributed by atoms with E-state index in [9.17, 15) is 4.79 Å². The minimum absolute atomic E-state index is 0.150. The molecule has 0 aliphatic carbocycles. The summed E-state index contributed by atoms with van der Waals surface area (Å²) in [5.74, 6) is 1.05. The lowest BCUT2D eigenvalue weighted by Gasteiger charge is -2.11. The second-order valence-electron chi connectivity index (χ2n) is 7.23. The van der Waals surface area contributed by atoms with E-state index in [2.05, 4.69) is 10.4 Å². The lowest BCUT2D eigenvalue weighted by molar-refractivity contribution is -0.115. The van der Waals surface area contributed by atoms with E-state index >= 15 is 0 Å². The monoisotopic (exact) mass is 448 g/mol. The molecule has 0 aliphatic heterocycles. The van der Waals surface area contributed by atoms with Crippen LogP contribution in [0.1, 0.15) is 17.0 Å². The molecule has 4 rings (SSSR count). The normalized spacial score (nSPS) is 10.8. The van der Waals surface area contributed by atoms with E-state index in [1.54, 1.807) is 32.4 Å². The summed E-state index contributed by atoms with van der Waals surface area (Å²) in [5, 5.41) is 10.4. The van der Waals surface area contributed by atoms with Crippen molar-refractivity contribution in [2.45, 2.75) is 20.3 Å². The number of hydrogen-bond donors (Lipinski definition) is 1. The first-order valence-electron chi connectivity index (χ1n) is 10.1. The highest BCUT2D eigenvalue weighted by atomic mass is 32.1. The standard InChI is InChI=1S/C24H24N4O3S/c1-15-19(13-23(29)25-20-11-10-18(30-3)12-22(20)31-4)16(2)28(27-15)24-26-21(14-32-24)17-8-6-5-7-9-17/h5-12,14H,13H2,1-4H3,(H,25,29). The van der Waals surface area contributed by atoms with Crippen LogP contribution < -0.4 is 14.8 Å². The molecule has 1 N–H and O–H groups in total.